The second-order valence-electron chi connectivity index (χ2n) is 5.55. The minimum absolute atomic E-state index is 0.200. The zero-order chi connectivity index (χ0) is 14.4. The van der Waals surface area contributed by atoms with E-state index in [0.717, 1.165) is 12.0 Å². The Balaban J connectivity index is 2.58. The molecule has 1 unspecified atom stereocenters. The molecule has 1 atom stereocenters. The summed E-state index contributed by atoms with van der Waals surface area (Å²) >= 11 is 1.69. The number of nitrogens with zero attached hydrogens (tertiary/aromatic N) is 1. The fourth-order valence-electron chi connectivity index (χ4n) is 2.11. The molecule has 19 heavy (non-hydrogen) atoms. The fourth-order valence-corrected chi connectivity index (χ4v) is 2.52. The molecule has 0 amide bonds. The number of rotatable bonds is 7. The summed E-state index contributed by atoms with van der Waals surface area (Å²) in [6, 6.07) is 8.31. The molecule has 0 saturated carbocycles. The van der Waals surface area contributed by atoms with Gasteiger partial charge in [-0.05, 0) is 44.7 Å². The molecule has 1 aromatic rings. The van der Waals surface area contributed by atoms with Crippen LogP contribution in [0.4, 0.5) is 0 Å². The zero-order valence-corrected chi connectivity index (χ0v) is 13.5. The van der Waals surface area contributed by atoms with Crippen LogP contribution in [0.3, 0.4) is 0 Å². The van der Waals surface area contributed by atoms with Gasteiger partial charge in [0.25, 0.3) is 0 Å². The summed E-state index contributed by atoms with van der Waals surface area (Å²) in [5.41, 5.74) is 0.807. The summed E-state index contributed by atoms with van der Waals surface area (Å²) in [5.74, 6) is 0.860. The molecule has 0 aromatic heterocycles. The molecule has 0 aliphatic heterocycles. The van der Waals surface area contributed by atoms with Crippen molar-refractivity contribution >= 4 is 17.5 Å². The number of hydrogen-bond donors (Lipinski definition) is 0. The van der Waals surface area contributed by atoms with Crippen LogP contribution in [0.2, 0.25) is 0 Å². The lowest BCUT2D eigenvalue weighted by Gasteiger charge is -2.25. The average molecular weight is 279 g/mol. The highest BCUT2D eigenvalue weighted by Gasteiger charge is 2.15. The molecule has 3 heteroatoms. The van der Waals surface area contributed by atoms with E-state index in [1.165, 1.54) is 4.90 Å². The number of ketones is 1. The Kier molecular flexibility index (Phi) is 6.59. The molecule has 0 radical (unpaired) electrons. The summed E-state index contributed by atoms with van der Waals surface area (Å²) in [7, 11) is 2.03. The lowest BCUT2D eigenvalue weighted by molar-refractivity contribution is 0.0916. The van der Waals surface area contributed by atoms with E-state index in [1.807, 2.05) is 37.6 Å². The largest absolute Gasteiger partial charge is 0.296 e. The van der Waals surface area contributed by atoms with E-state index in [0.29, 0.717) is 18.5 Å². The predicted molar refractivity (Wildman–Crippen MR) is 84.1 cm³/mol. The molecule has 0 spiro atoms. The van der Waals surface area contributed by atoms with E-state index in [2.05, 4.69) is 25.7 Å². The van der Waals surface area contributed by atoms with Crippen molar-refractivity contribution in [2.24, 2.45) is 5.92 Å². The normalized spacial score (nSPS) is 13.0. The number of benzene rings is 1. The summed E-state index contributed by atoms with van der Waals surface area (Å²) < 4.78 is 0. The molecule has 1 aromatic carbocycles. The van der Waals surface area contributed by atoms with E-state index >= 15 is 0 Å². The van der Waals surface area contributed by atoms with Crippen LogP contribution in [0.1, 0.15) is 37.6 Å². The average Bonchev–Trinajstić information content (AvgIpc) is 2.37. The van der Waals surface area contributed by atoms with Gasteiger partial charge in [-0.1, -0.05) is 26.0 Å². The molecule has 0 aliphatic carbocycles. The number of likely N-dealkylation sites (N-methyl/N-ethyl adjacent to an activating group) is 1. The Labute approximate surface area is 121 Å². The van der Waals surface area contributed by atoms with Crippen molar-refractivity contribution in [2.75, 3.05) is 19.8 Å². The van der Waals surface area contributed by atoms with E-state index in [1.54, 1.807) is 11.8 Å². The minimum atomic E-state index is 0.200. The number of carbonyl (C=O) groups is 1. The van der Waals surface area contributed by atoms with Crippen molar-refractivity contribution in [3.63, 3.8) is 0 Å². The third-order valence-corrected chi connectivity index (χ3v) is 4.11. The van der Waals surface area contributed by atoms with Crippen molar-refractivity contribution in [1.82, 2.24) is 4.90 Å². The first kappa shape index (κ1) is 16.3. The highest BCUT2D eigenvalue weighted by atomic mass is 32.2. The lowest BCUT2D eigenvalue weighted by atomic mass is 10.0. The van der Waals surface area contributed by atoms with Crippen LogP contribution in [0.15, 0.2) is 29.2 Å². The summed E-state index contributed by atoms with van der Waals surface area (Å²) in [4.78, 5) is 15.5. The van der Waals surface area contributed by atoms with Crippen molar-refractivity contribution in [1.29, 1.82) is 0 Å². The molecule has 0 N–H and O–H groups in total. The Bertz CT molecular complexity index is 400. The molecule has 0 aliphatic rings. The maximum atomic E-state index is 12.2. The summed E-state index contributed by atoms with van der Waals surface area (Å²) in [6.45, 7) is 7.11. The molecular weight excluding hydrogens is 254 g/mol. The maximum Gasteiger partial charge on any atom is 0.176 e. The second kappa shape index (κ2) is 7.71. The van der Waals surface area contributed by atoms with Gasteiger partial charge in [-0.2, -0.15) is 0 Å². The van der Waals surface area contributed by atoms with Gasteiger partial charge in [-0.3, -0.25) is 9.69 Å². The van der Waals surface area contributed by atoms with Gasteiger partial charge in [0.2, 0.25) is 0 Å². The number of hydrogen-bond acceptors (Lipinski definition) is 3. The number of Topliss-reactive ketones (excluding diaryl/α,β-unsaturated/α-hetero) is 1. The van der Waals surface area contributed by atoms with Crippen LogP contribution < -0.4 is 0 Å². The van der Waals surface area contributed by atoms with Crippen LogP contribution in [0.25, 0.3) is 0 Å². The van der Waals surface area contributed by atoms with Crippen molar-refractivity contribution < 1.29 is 4.79 Å². The van der Waals surface area contributed by atoms with Gasteiger partial charge < -0.3 is 0 Å². The smallest absolute Gasteiger partial charge is 0.176 e. The van der Waals surface area contributed by atoms with Crippen molar-refractivity contribution in [3.05, 3.63) is 29.8 Å². The first-order valence-electron chi connectivity index (χ1n) is 6.81. The summed E-state index contributed by atoms with van der Waals surface area (Å²) in [5, 5.41) is 0. The van der Waals surface area contributed by atoms with Crippen LogP contribution in [0, 0.1) is 5.92 Å². The van der Waals surface area contributed by atoms with Crippen LogP contribution >= 0.6 is 11.8 Å². The van der Waals surface area contributed by atoms with E-state index in [9.17, 15) is 4.79 Å². The van der Waals surface area contributed by atoms with Gasteiger partial charge in [-0.25, -0.2) is 0 Å². The number of thioether (sulfide) groups is 1. The van der Waals surface area contributed by atoms with Crippen molar-refractivity contribution in [3.8, 4) is 0 Å². The van der Waals surface area contributed by atoms with Gasteiger partial charge in [0.15, 0.2) is 5.78 Å². The molecule has 1 rings (SSSR count). The zero-order valence-electron chi connectivity index (χ0n) is 12.6. The molecule has 0 bridgehead atoms. The van der Waals surface area contributed by atoms with Crippen molar-refractivity contribution in [2.45, 2.75) is 38.1 Å². The molecule has 0 heterocycles. The quantitative estimate of drug-likeness (QED) is 0.556. The topological polar surface area (TPSA) is 20.3 Å². The van der Waals surface area contributed by atoms with Gasteiger partial charge in [0.05, 0.1) is 6.54 Å². The first-order chi connectivity index (χ1) is 8.93. The standard InChI is InChI=1S/C16H25NOS/c1-12(2)10-13(3)17(4)11-16(18)14-6-8-15(19-5)9-7-14/h6-9,12-13H,10-11H2,1-5H3. The Morgan fingerprint density at radius 1 is 1.21 bits per heavy atom. The van der Waals surface area contributed by atoms with Crippen LogP contribution in [-0.2, 0) is 0 Å². The molecule has 2 nitrogen and oxygen atoms in total. The van der Waals surface area contributed by atoms with Gasteiger partial charge >= 0.3 is 0 Å². The van der Waals surface area contributed by atoms with E-state index in [-0.39, 0.29) is 5.78 Å². The third-order valence-electron chi connectivity index (χ3n) is 3.37. The molecule has 0 fully saturated rings. The molecule has 0 saturated heterocycles. The first-order valence-corrected chi connectivity index (χ1v) is 8.04. The van der Waals surface area contributed by atoms with Gasteiger partial charge in [0, 0.05) is 16.5 Å². The monoisotopic (exact) mass is 279 g/mol. The number of carbonyl (C=O) groups excluding carboxylic acids is 1. The van der Waals surface area contributed by atoms with E-state index < -0.39 is 0 Å². The van der Waals surface area contributed by atoms with Gasteiger partial charge in [0.1, 0.15) is 0 Å². The molecule has 106 valence electrons. The van der Waals surface area contributed by atoms with Crippen LogP contribution in [0.5, 0.6) is 0 Å². The molecular formula is C16H25NOS. The fraction of sp³-hybridized carbons (Fsp3) is 0.562. The van der Waals surface area contributed by atoms with Gasteiger partial charge in [-0.15, -0.1) is 11.8 Å². The minimum Gasteiger partial charge on any atom is -0.296 e. The Morgan fingerprint density at radius 2 is 1.79 bits per heavy atom. The Morgan fingerprint density at radius 3 is 2.26 bits per heavy atom. The lowest BCUT2D eigenvalue weighted by Crippen LogP contribution is -2.34. The van der Waals surface area contributed by atoms with Crippen LogP contribution in [-0.4, -0.2) is 36.6 Å². The maximum absolute atomic E-state index is 12.2. The Hall–Kier alpha value is -0.800. The highest BCUT2D eigenvalue weighted by molar-refractivity contribution is 7.98. The highest BCUT2D eigenvalue weighted by Crippen LogP contribution is 2.16. The summed E-state index contributed by atoms with van der Waals surface area (Å²) in [6.07, 6.45) is 3.16. The second-order valence-corrected chi connectivity index (χ2v) is 6.43. The third kappa shape index (κ3) is 5.37. The predicted octanol–water partition coefficient (Wildman–Crippen LogP) is 3.96. The van der Waals surface area contributed by atoms with E-state index in [4.69, 9.17) is 0 Å². The SMILES string of the molecule is CSc1ccc(C(=O)CN(C)C(C)CC(C)C)cc1.